The first-order chi connectivity index (χ1) is 27.3. The van der Waals surface area contributed by atoms with E-state index in [0.717, 1.165) is 22.4 Å². The third-order valence-electron chi connectivity index (χ3n) is 9.45. The van der Waals surface area contributed by atoms with E-state index in [1.54, 1.807) is 23.5 Å². The maximum absolute atomic E-state index is 4.93. The fourth-order valence-corrected chi connectivity index (χ4v) is 7.65. The number of hydrogen-bond acceptors (Lipinski definition) is 2. The van der Waals surface area contributed by atoms with Crippen LogP contribution in [0.2, 0.25) is 13.1 Å². The van der Waals surface area contributed by atoms with Crippen molar-refractivity contribution < 1.29 is 20.8 Å². The third-order valence-corrected chi connectivity index (χ3v) is 10.9. The molecule has 0 N–H and O–H groups in total. The summed E-state index contributed by atoms with van der Waals surface area (Å²) in [7, 11) is 11.0. The van der Waals surface area contributed by atoms with Gasteiger partial charge in [-0.2, -0.15) is 12.1 Å². The Morgan fingerprint density at radius 3 is 1.11 bits per heavy atom. The summed E-state index contributed by atoms with van der Waals surface area (Å²) in [5, 5.41) is 5.35. The van der Waals surface area contributed by atoms with E-state index in [0.29, 0.717) is 0 Å². The summed E-state index contributed by atoms with van der Waals surface area (Å²) in [5.74, 6) is 0. The summed E-state index contributed by atoms with van der Waals surface area (Å²) in [6.45, 7) is 8.63. The van der Waals surface area contributed by atoms with Crippen LogP contribution >= 0.6 is 40.5 Å². The minimum atomic E-state index is -0.826. The number of fused-ring (bicyclic) bond motifs is 2. The van der Waals surface area contributed by atoms with Crippen LogP contribution in [0.3, 0.4) is 0 Å². The quantitative estimate of drug-likeness (QED) is 0.0847. The van der Waals surface area contributed by atoms with Gasteiger partial charge in [-0.15, -0.1) is 92.6 Å². The van der Waals surface area contributed by atoms with Crippen LogP contribution in [0.15, 0.2) is 168 Å². The Hall–Kier alpha value is -3.08. The van der Waals surface area contributed by atoms with Gasteiger partial charge in [-0.25, -0.2) is 0 Å². The predicted molar refractivity (Wildman–Crippen MR) is 251 cm³/mol. The standard InChI is InChI=1S/2C24H21S.C2H6Si.2ClH.Zr/c2*1-17-14-21-4-3-5-23(24(21)15-17)20-10-6-18(7-11-20)16-19-8-12-22(25-2)13-9-19;1-3-2;;;/h2*3-15H,16H2,1-2H3;1-2H3;2*1H;/q2*-1;;;;+4/p-2. The second-order valence-corrected chi connectivity index (χ2v) is 20.2. The van der Waals surface area contributed by atoms with Crippen LogP contribution < -0.4 is 0 Å². The average Bonchev–Trinajstić information content (AvgIpc) is 3.81. The van der Waals surface area contributed by atoms with Crippen molar-refractivity contribution in [2.45, 2.75) is 49.6 Å². The van der Waals surface area contributed by atoms with E-state index in [2.05, 4.69) is 197 Å². The number of halogens is 2. The van der Waals surface area contributed by atoms with E-state index in [-0.39, 0.29) is 0 Å². The average molecular weight is 903 g/mol. The molecule has 0 unspecified atom stereocenters. The normalized spacial score (nSPS) is 10.4. The molecule has 0 fully saturated rings. The summed E-state index contributed by atoms with van der Waals surface area (Å²) < 4.78 is 0. The zero-order valence-electron chi connectivity index (χ0n) is 33.0. The number of aryl methyl sites for hydroxylation is 2. The fraction of sp³-hybridized carbons (Fsp3) is 0.160. The summed E-state index contributed by atoms with van der Waals surface area (Å²) in [5.41, 5.74) is 13.3. The first kappa shape index (κ1) is 44.0. The topological polar surface area (TPSA) is 0 Å². The zero-order valence-corrected chi connectivity index (χ0v) is 39.6. The van der Waals surface area contributed by atoms with Gasteiger partial charge in [0.25, 0.3) is 0 Å². The maximum atomic E-state index is 4.93. The van der Waals surface area contributed by atoms with Crippen LogP contribution in [0.1, 0.15) is 33.4 Å². The molecular formula is C50H48Cl2S2SiZr. The molecule has 2 radical (unpaired) electrons. The van der Waals surface area contributed by atoms with Crippen LogP contribution in [0, 0.1) is 13.8 Å². The van der Waals surface area contributed by atoms with Crippen molar-refractivity contribution in [2.75, 3.05) is 12.5 Å². The molecule has 0 aliphatic rings. The molecule has 0 aliphatic heterocycles. The predicted octanol–water partition coefficient (Wildman–Crippen LogP) is 15.9. The number of benzene rings is 6. The molecular weight excluding hydrogens is 855 g/mol. The summed E-state index contributed by atoms with van der Waals surface area (Å²) in [6, 6.07) is 58.0. The Bertz CT molecular complexity index is 2210. The van der Waals surface area contributed by atoms with Crippen molar-refractivity contribution in [3.8, 4) is 22.3 Å². The van der Waals surface area contributed by atoms with Crippen LogP contribution in [0.25, 0.3) is 43.8 Å². The van der Waals surface area contributed by atoms with Gasteiger partial charge in [-0.1, -0.05) is 123 Å². The van der Waals surface area contributed by atoms with Gasteiger partial charge in [-0.05, 0) is 83.0 Å². The van der Waals surface area contributed by atoms with Crippen molar-refractivity contribution in [2.24, 2.45) is 0 Å². The van der Waals surface area contributed by atoms with Crippen molar-refractivity contribution in [3.63, 3.8) is 0 Å². The Balaban J connectivity index is 0.000000188. The fourth-order valence-electron chi connectivity index (χ4n) is 6.84. The van der Waals surface area contributed by atoms with Gasteiger partial charge < -0.3 is 0 Å². The molecule has 0 amide bonds. The van der Waals surface area contributed by atoms with E-state index in [4.69, 9.17) is 17.0 Å². The van der Waals surface area contributed by atoms with Gasteiger partial charge in [0.15, 0.2) is 0 Å². The van der Waals surface area contributed by atoms with Crippen molar-refractivity contribution in [1.82, 2.24) is 0 Å². The molecule has 6 heteroatoms. The molecule has 8 rings (SSSR count). The molecule has 0 aromatic heterocycles. The van der Waals surface area contributed by atoms with E-state index in [9.17, 15) is 0 Å². The summed E-state index contributed by atoms with van der Waals surface area (Å²) in [6.07, 6.45) is 6.19. The van der Waals surface area contributed by atoms with Gasteiger partial charge in [0, 0.05) is 19.3 Å². The Kier molecular flexibility index (Phi) is 17.9. The molecule has 0 atom stereocenters. The molecule has 8 aromatic carbocycles. The van der Waals surface area contributed by atoms with Crippen LogP contribution in [-0.2, 0) is 33.7 Å². The molecule has 0 heterocycles. The number of thioether (sulfide) groups is 2. The van der Waals surface area contributed by atoms with Crippen molar-refractivity contribution >= 4 is 71.6 Å². The molecule has 56 heavy (non-hydrogen) atoms. The Morgan fingerprint density at radius 2 is 0.804 bits per heavy atom. The van der Waals surface area contributed by atoms with Crippen LogP contribution in [-0.4, -0.2) is 22.0 Å². The molecule has 0 bridgehead atoms. The molecule has 0 saturated carbocycles. The molecule has 0 aliphatic carbocycles. The third kappa shape index (κ3) is 12.5. The zero-order chi connectivity index (χ0) is 39.9. The van der Waals surface area contributed by atoms with Crippen LogP contribution in [0.4, 0.5) is 0 Å². The molecule has 8 aromatic rings. The van der Waals surface area contributed by atoms with Gasteiger partial charge >= 0.3 is 37.9 Å². The van der Waals surface area contributed by atoms with Gasteiger partial charge in [0.1, 0.15) is 0 Å². The number of rotatable bonds is 8. The number of hydrogen-bond donors (Lipinski definition) is 0. The first-order valence-corrected chi connectivity index (χ1v) is 29.4. The molecule has 0 saturated heterocycles. The Morgan fingerprint density at radius 1 is 0.500 bits per heavy atom. The SMILES string of the molecule is CSc1ccc(Cc2ccc(-c3cccc4[cH-]c(C)cc34)cc2)cc1.CSc1ccc(Cc2ccc(-c3cccc4[cH-]c(C)cc34)cc2)cc1.C[Si]C.[Cl][Zr+2][Cl]. The monoisotopic (exact) mass is 900 g/mol. The van der Waals surface area contributed by atoms with Crippen molar-refractivity contribution in [3.05, 3.63) is 191 Å². The van der Waals surface area contributed by atoms with Gasteiger partial charge in [-0.3, -0.25) is 0 Å². The second-order valence-electron chi connectivity index (χ2n) is 13.7. The minimum absolute atomic E-state index is 0.826. The summed E-state index contributed by atoms with van der Waals surface area (Å²) in [4.78, 5) is 2.63. The van der Waals surface area contributed by atoms with E-state index in [1.807, 2.05) is 0 Å². The van der Waals surface area contributed by atoms with Gasteiger partial charge in [0.2, 0.25) is 0 Å². The summed E-state index contributed by atoms with van der Waals surface area (Å²) >= 11 is 2.75. The first-order valence-electron chi connectivity index (χ1n) is 18.6. The van der Waals surface area contributed by atoms with E-state index < -0.39 is 20.8 Å². The molecule has 282 valence electrons. The van der Waals surface area contributed by atoms with Crippen LogP contribution in [0.5, 0.6) is 0 Å². The van der Waals surface area contributed by atoms with E-state index >= 15 is 0 Å². The molecule has 0 nitrogen and oxygen atoms in total. The van der Waals surface area contributed by atoms with E-state index in [1.165, 1.54) is 87.0 Å². The second kappa shape index (κ2) is 22.8. The van der Waals surface area contributed by atoms with Crippen molar-refractivity contribution in [1.29, 1.82) is 0 Å². The molecule has 0 spiro atoms. The van der Waals surface area contributed by atoms with Gasteiger partial charge in [0.05, 0.1) is 0 Å². The Labute approximate surface area is 364 Å².